The number of hydrogen-bond donors (Lipinski definition) is 0. The van der Waals surface area contributed by atoms with Gasteiger partial charge in [-0.3, -0.25) is 0 Å². The van der Waals surface area contributed by atoms with Gasteiger partial charge in [0.15, 0.2) is 0 Å². The van der Waals surface area contributed by atoms with E-state index >= 15 is 0 Å². The first-order valence-electron chi connectivity index (χ1n) is 10.4. The molecule has 3 aromatic carbocycles. The molecule has 0 fully saturated rings. The van der Waals surface area contributed by atoms with Crippen LogP contribution in [0.4, 0.5) is 0 Å². The second-order valence-corrected chi connectivity index (χ2v) is 20.8. The normalized spacial score (nSPS) is 11.8. The van der Waals surface area contributed by atoms with E-state index in [0.29, 0.717) is 0 Å². The molecule has 3 rings (SSSR count). The Morgan fingerprint density at radius 1 is 0.414 bits per heavy atom. The molecule has 0 spiro atoms. The molecule has 0 N–H and O–H groups in total. The second kappa shape index (κ2) is 8.11. The van der Waals surface area contributed by atoms with Gasteiger partial charge >= 0.3 is 186 Å². The molecular formula is C27H33ClSn. The van der Waals surface area contributed by atoms with Crippen LogP contribution in [0.5, 0.6) is 0 Å². The number of benzene rings is 3. The van der Waals surface area contributed by atoms with Crippen molar-refractivity contribution >= 4 is 36.9 Å². The van der Waals surface area contributed by atoms with E-state index in [1.54, 1.807) is 0 Å². The summed E-state index contributed by atoms with van der Waals surface area (Å²) in [5.41, 5.74) is 12.0. The molecule has 0 nitrogen and oxygen atoms in total. The maximum absolute atomic E-state index is 8.11. The molecule has 3 aromatic rings. The Hall–Kier alpha value is -1.25. The van der Waals surface area contributed by atoms with Crippen molar-refractivity contribution in [1.29, 1.82) is 0 Å². The molecule has 0 saturated carbocycles. The van der Waals surface area contributed by atoms with Crippen molar-refractivity contribution < 1.29 is 0 Å². The van der Waals surface area contributed by atoms with Crippen LogP contribution in [-0.4, -0.2) is 17.3 Å². The molecule has 0 amide bonds. The number of hydrogen-bond acceptors (Lipinski definition) is 0. The van der Waals surface area contributed by atoms with E-state index in [0.717, 1.165) is 0 Å². The zero-order valence-electron chi connectivity index (χ0n) is 19.3. The quantitative estimate of drug-likeness (QED) is 0.398. The van der Waals surface area contributed by atoms with Gasteiger partial charge in [0.1, 0.15) is 0 Å². The molecule has 0 unspecified atom stereocenters. The summed E-state index contributed by atoms with van der Waals surface area (Å²) < 4.78 is 4.28. The minimum absolute atomic E-state index is 1.31. The molecule has 152 valence electrons. The summed E-state index contributed by atoms with van der Waals surface area (Å²) in [5.74, 6) is 0. The van der Waals surface area contributed by atoms with Gasteiger partial charge in [0, 0.05) is 0 Å². The molecule has 0 aromatic heterocycles. The summed E-state index contributed by atoms with van der Waals surface area (Å²) in [6.07, 6.45) is 0. The number of rotatable bonds is 3. The maximum atomic E-state index is 8.11. The summed E-state index contributed by atoms with van der Waals surface area (Å²) in [4.78, 5) is 0. The van der Waals surface area contributed by atoms with Crippen LogP contribution in [0.25, 0.3) is 0 Å². The van der Waals surface area contributed by atoms with Gasteiger partial charge in [-0.1, -0.05) is 0 Å². The van der Waals surface area contributed by atoms with E-state index in [4.69, 9.17) is 8.92 Å². The predicted molar refractivity (Wildman–Crippen MR) is 132 cm³/mol. The Kier molecular flexibility index (Phi) is 6.28. The summed E-state index contributed by atoms with van der Waals surface area (Å²) >= 11 is -3.77. The van der Waals surface area contributed by atoms with Crippen LogP contribution >= 0.6 is 8.92 Å². The van der Waals surface area contributed by atoms with Crippen molar-refractivity contribution in [3.05, 3.63) is 86.5 Å². The Bertz CT molecular complexity index is 899. The SMILES string of the molecule is Cc1cc(C)[c]([Sn]([Cl])([c]2c(C)cc(C)cc2C)[c]2c(C)cc(C)cc2C)c(C)c1. The topological polar surface area (TPSA) is 0 Å². The van der Waals surface area contributed by atoms with Crippen molar-refractivity contribution in [2.75, 3.05) is 0 Å². The molecule has 0 atom stereocenters. The molecule has 0 aliphatic heterocycles. The van der Waals surface area contributed by atoms with Crippen LogP contribution in [0.1, 0.15) is 50.1 Å². The van der Waals surface area contributed by atoms with E-state index in [9.17, 15) is 0 Å². The van der Waals surface area contributed by atoms with Crippen LogP contribution in [0, 0.1) is 62.3 Å². The van der Waals surface area contributed by atoms with Gasteiger partial charge in [-0.2, -0.15) is 0 Å². The predicted octanol–water partition coefficient (Wildman–Crippen LogP) is 5.67. The van der Waals surface area contributed by atoms with Gasteiger partial charge in [0.05, 0.1) is 0 Å². The van der Waals surface area contributed by atoms with Crippen molar-refractivity contribution in [1.82, 2.24) is 0 Å². The standard InChI is InChI=1S/3C9H11.ClH.Sn/c3*1-7-4-8(2)6-9(3)5-7;;/h3*4-5H,1-3H3;1H;/q;;;;+1/p-1. The Morgan fingerprint density at radius 2 is 0.586 bits per heavy atom. The third-order valence-electron chi connectivity index (χ3n) is 6.06. The molecule has 29 heavy (non-hydrogen) atoms. The van der Waals surface area contributed by atoms with Crippen LogP contribution in [0.2, 0.25) is 0 Å². The monoisotopic (exact) mass is 512 g/mol. The number of halogens is 1. The van der Waals surface area contributed by atoms with E-state index in [1.165, 1.54) is 60.8 Å². The summed E-state index contributed by atoms with van der Waals surface area (Å²) in [6.45, 7) is 20.0. The first-order valence-corrected chi connectivity index (χ1v) is 18.3. The molecule has 0 saturated heterocycles. The van der Waals surface area contributed by atoms with E-state index in [2.05, 4.69) is 98.7 Å². The summed E-state index contributed by atoms with van der Waals surface area (Å²) in [6, 6.07) is 13.9. The fraction of sp³-hybridized carbons (Fsp3) is 0.333. The molecule has 0 bridgehead atoms. The van der Waals surface area contributed by atoms with Crippen LogP contribution in [0.3, 0.4) is 0 Å². The van der Waals surface area contributed by atoms with Gasteiger partial charge in [-0.05, 0) is 0 Å². The van der Waals surface area contributed by atoms with Crippen LogP contribution in [-0.2, 0) is 0 Å². The molecule has 0 aliphatic carbocycles. The minimum atomic E-state index is -3.77. The second-order valence-electron chi connectivity index (χ2n) is 8.98. The van der Waals surface area contributed by atoms with E-state index in [1.807, 2.05) is 0 Å². The summed E-state index contributed by atoms with van der Waals surface area (Å²) in [5, 5.41) is 0. The first kappa shape index (κ1) is 22.4. The molecule has 0 radical (unpaired) electrons. The van der Waals surface area contributed by atoms with E-state index in [-0.39, 0.29) is 0 Å². The van der Waals surface area contributed by atoms with E-state index < -0.39 is 17.3 Å². The number of aryl methyl sites for hydroxylation is 9. The van der Waals surface area contributed by atoms with Gasteiger partial charge in [-0.25, -0.2) is 0 Å². The molecule has 0 aliphatic rings. The molecular weight excluding hydrogens is 478 g/mol. The third kappa shape index (κ3) is 3.91. The van der Waals surface area contributed by atoms with Gasteiger partial charge in [0.25, 0.3) is 0 Å². The fourth-order valence-corrected chi connectivity index (χ4v) is 24.2. The van der Waals surface area contributed by atoms with Crippen molar-refractivity contribution in [2.45, 2.75) is 62.3 Å². The van der Waals surface area contributed by atoms with Crippen molar-refractivity contribution in [3.63, 3.8) is 0 Å². The Morgan fingerprint density at radius 3 is 0.759 bits per heavy atom. The zero-order valence-corrected chi connectivity index (χ0v) is 23.0. The van der Waals surface area contributed by atoms with Gasteiger partial charge in [0.2, 0.25) is 0 Å². The first-order chi connectivity index (χ1) is 13.5. The van der Waals surface area contributed by atoms with Crippen molar-refractivity contribution in [2.24, 2.45) is 0 Å². The fourth-order valence-electron chi connectivity index (χ4n) is 5.55. The van der Waals surface area contributed by atoms with Gasteiger partial charge in [-0.15, -0.1) is 0 Å². The molecule has 0 heterocycles. The molecule has 2 heteroatoms. The van der Waals surface area contributed by atoms with Crippen LogP contribution < -0.4 is 10.7 Å². The average Bonchev–Trinajstić information content (AvgIpc) is 2.51. The summed E-state index contributed by atoms with van der Waals surface area (Å²) in [7, 11) is 8.11. The third-order valence-corrected chi connectivity index (χ3v) is 22.5. The van der Waals surface area contributed by atoms with Gasteiger partial charge < -0.3 is 0 Å². The average molecular weight is 512 g/mol. The van der Waals surface area contributed by atoms with Crippen LogP contribution in [0.15, 0.2) is 36.4 Å². The Labute approximate surface area is 184 Å². The zero-order chi connectivity index (χ0) is 21.7. The Balaban J connectivity index is 2.55. The van der Waals surface area contributed by atoms with Crippen molar-refractivity contribution in [3.8, 4) is 0 Å².